The zero-order chi connectivity index (χ0) is 24.9. The van der Waals surface area contributed by atoms with E-state index in [0.717, 1.165) is 36.0 Å². The second-order valence-corrected chi connectivity index (χ2v) is 7.87. The Bertz CT molecular complexity index is 1150. The lowest BCUT2D eigenvalue weighted by molar-refractivity contribution is -0.129. The van der Waals surface area contributed by atoms with Crippen LogP contribution in [0.5, 0.6) is 23.0 Å². The van der Waals surface area contributed by atoms with Gasteiger partial charge in [0.15, 0.2) is 23.0 Å². The maximum atomic E-state index is 12.4. The van der Waals surface area contributed by atoms with Crippen LogP contribution < -0.4 is 18.9 Å². The summed E-state index contributed by atoms with van der Waals surface area (Å²) >= 11 is 0. The minimum Gasteiger partial charge on any atom is -0.493 e. The molecule has 182 valence electrons. The van der Waals surface area contributed by atoms with Crippen LogP contribution in [0.2, 0.25) is 0 Å². The van der Waals surface area contributed by atoms with Crippen LogP contribution in [0.15, 0.2) is 72.8 Å². The maximum Gasteiger partial charge on any atom is 0.336 e. The molecule has 0 fully saturated rings. The molecule has 0 aliphatic heterocycles. The number of hydrogen-bond acceptors (Lipinski definition) is 5. The molecule has 3 aromatic rings. The molecule has 0 atom stereocenters. The van der Waals surface area contributed by atoms with Crippen LogP contribution in [0.25, 0.3) is 18.2 Å². The smallest absolute Gasteiger partial charge is 0.336 e. The zero-order valence-electron chi connectivity index (χ0n) is 20.5. The number of rotatable bonds is 12. The molecule has 0 saturated carbocycles. The summed E-state index contributed by atoms with van der Waals surface area (Å²) in [6, 6.07) is 21.0. The third kappa shape index (κ3) is 8.07. The van der Waals surface area contributed by atoms with Crippen molar-refractivity contribution < 1.29 is 23.7 Å². The summed E-state index contributed by atoms with van der Waals surface area (Å²) in [5.41, 5.74) is 2.83. The van der Waals surface area contributed by atoms with Gasteiger partial charge in [0.25, 0.3) is 0 Å². The first kappa shape index (κ1) is 25.6. The van der Waals surface area contributed by atoms with E-state index in [0.29, 0.717) is 29.6 Å². The second kappa shape index (κ2) is 13.7. The van der Waals surface area contributed by atoms with E-state index in [1.807, 2.05) is 72.8 Å². The van der Waals surface area contributed by atoms with E-state index in [-0.39, 0.29) is 0 Å². The van der Waals surface area contributed by atoms with E-state index in [1.54, 1.807) is 26.4 Å². The number of benzene rings is 3. The summed E-state index contributed by atoms with van der Waals surface area (Å²) in [4.78, 5) is 12.4. The van der Waals surface area contributed by atoms with Crippen molar-refractivity contribution in [2.45, 2.75) is 26.2 Å². The average Bonchev–Trinajstić information content (AvgIpc) is 2.90. The molecule has 0 amide bonds. The van der Waals surface area contributed by atoms with Gasteiger partial charge in [-0.15, -0.1) is 0 Å². The number of hydrogen-bond donors (Lipinski definition) is 0. The molecule has 3 aromatic carbocycles. The number of unbranched alkanes of at least 4 members (excludes halogenated alkanes) is 2. The lowest BCUT2D eigenvalue weighted by atomic mass is 10.1. The Morgan fingerprint density at radius 1 is 0.714 bits per heavy atom. The summed E-state index contributed by atoms with van der Waals surface area (Å²) in [5.74, 6) is 1.64. The molecule has 3 rings (SSSR count). The van der Waals surface area contributed by atoms with Crippen molar-refractivity contribution in [1.82, 2.24) is 0 Å². The Kier molecular flexibility index (Phi) is 10.00. The largest absolute Gasteiger partial charge is 0.493 e. The quantitative estimate of drug-likeness (QED) is 0.0928. The Morgan fingerprint density at radius 2 is 1.34 bits per heavy atom. The third-order valence-electron chi connectivity index (χ3n) is 5.27. The van der Waals surface area contributed by atoms with Crippen LogP contribution >= 0.6 is 0 Å². The van der Waals surface area contributed by atoms with E-state index in [4.69, 9.17) is 18.9 Å². The molecule has 0 aliphatic carbocycles. The van der Waals surface area contributed by atoms with Gasteiger partial charge in [-0.1, -0.05) is 74.4 Å². The van der Waals surface area contributed by atoms with Crippen molar-refractivity contribution in [3.05, 3.63) is 89.5 Å². The highest BCUT2D eigenvalue weighted by Gasteiger charge is 2.09. The highest BCUT2D eigenvalue weighted by molar-refractivity contribution is 5.89. The molecule has 5 nitrogen and oxygen atoms in total. The van der Waals surface area contributed by atoms with Crippen LogP contribution in [0.3, 0.4) is 0 Å². The van der Waals surface area contributed by atoms with Crippen LogP contribution in [0.4, 0.5) is 0 Å². The monoisotopic (exact) mass is 472 g/mol. The van der Waals surface area contributed by atoms with Gasteiger partial charge >= 0.3 is 5.97 Å². The molecule has 0 radical (unpaired) electrons. The number of carbonyl (C=O) groups is 1. The molecule has 0 heterocycles. The number of carbonyl (C=O) groups excluding carboxylic acids is 1. The minimum atomic E-state index is -0.505. The van der Waals surface area contributed by atoms with Gasteiger partial charge in [0.1, 0.15) is 0 Å². The highest BCUT2D eigenvalue weighted by atomic mass is 16.6. The predicted molar refractivity (Wildman–Crippen MR) is 141 cm³/mol. The van der Waals surface area contributed by atoms with E-state index < -0.39 is 5.97 Å². The lowest BCUT2D eigenvalue weighted by Crippen LogP contribution is -2.05. The predicted octanol–water partition coefficient (Wildman–Crippen LogP) is 7.06. The first-order valence-corrected chi connectivity index (χ1v) is 11.7. The van der Waals surface area contributed by atoms with Crippen molar-refractivity contribution in [2.24, 2.45) is 0 Å². The van der Waals surface area contributed by atoms with E-state index in [9.17, 15) is 4.79 Å². The van der Waals surface area contributed by atoms with E-state index >= 15 is 0 Å². The third-order valence-corrected chi connectivity index (χ3v) is 5.27. The van der Waals surface area contributed by atoms with Gasteiger partial charge in [-0.3, -0.25) is 0 Å². The Morgan fingerprint density at radius 3 is 2.03 bits per heavy atom. The highest BCUT2D eigenvalue weighted by Crippen LogP contribution is 2.30. The molecule has 0 aromatic heterocycles. The average molecular weight is 473 g/mol. The first-order valence-electron chi connectivity index (χ1n) is 11.7. The van der Waals surface area contributed by atoms with Gasteiger partial charge in [-0.25, -0.2) is 4.79 Å². The first-order chi connectivity index (χ1) is 17.1. The molecule has 35 heavy (non-hydrogen) atoms. The molecule has 5 heteroatoms. The number of methoxy groups -OCH3 is 2. The molecular weight excluding hydrogens is 440 g/mol. The van der Waals surface area contributed by atoms with Crippen molar-refractivity contribution in [2.75, 3.05) is 20.8 Å². The molecule has 0 N–H and O–H groups in total. The van der Waals surface area contributed by atoms with Gasteiger partial charge in [0.2, 0.25) is 0 Å². The summed E-state index contributed by atoms with van der Waals surface area (Å²) in [6.07, 6.45) is 10.3. The second-order valence-electron chi connectivity index (χ2n) is 7.87. The van der Waals surface area contributed by atoms with Gasteiger partial charge in [0, 0.05) is 6.08 Å². The standard InChI is InChI=1S/C30H32O5/c1-4-5-9-20-34-26-17-14-25(21-28(26)32-2)16-19-30(31)35-27-18-15-24(22-29(27)33-3)13-12-23-10-7-6-8-11-23/h6-8,10-19,21-22H,4-5,9,20H2,1-3H3/b13-12+,19-16+. The van der Waals surface area contributed by atoms with Gasteiger partial charge in [-0.2, -0.15) is 0 Å². The van der Waals surface area contributed by atoms with Crippen LogP contribution in [0, 0.1) is 0 Å². The van der Waals surface area contributed by atoms with E-state index in [1.165, 1.54) is 6.08 Å². The fourth-order valence-electron chi connectivity index (χ4n) is 3.38. The Labute approximate surface area is 207 Å². The SMILES string of the molecule is CCCCCOc1ccc(/C=C/C(=O)Oc2ccc(/C=C/c3ccccc3)cc2OC)cc1OC. The van der Waals surface area contributed by atoms with Crippen molar-refractivity contribution in [3.63, 3.8) is 0 Å². The summed E-state index contributed by atoms with van der Waals surface area (Å²) in [5, 5.41) is 0. The summed E-state index contributed by atoms with van der Waals surface area (Å²) < 4.78 is 22.2. The van der Waals surface area contributed by atoms with E-state index in [2.05, 4.69) is 6.92 Å². The van der Waals surface area contributed by atoms with Gasteiger partial charge in [-0.05, 0) is 53.5 Å². The molecule has 0 aliphatic rings. The van der Waals surface area contributed by atoms with Crippen molar-refractivity contribution in [1.29, 1.82) is 0 Å². The zero-order valence-corrected chi connectivity index (χ0v) is 20.5. The summed E-state index contributed by atoms with van der Waals surface area (Å²) in [7, 11) is 3.15. The van der Waals surface area contributed by atoms with Gasteiger partial charge in [0.05, 0.1) is 20.8 Å². The fraction of sp³-hybridized carbons (Fsp3) is 0.233. The van der Waals surface area contributed by atoms with Crippen molar-refractivity contribution in [3.8, 4) is 23.0 Å². The van der Waals surface area contributed by atoms with Crippen LogP contribution in [-0.4, -0.2) is 26.8 Å². The summed E-state index contributed by atoms with van der Waals surface area (Å²) in [6.45, 7) is 2.80. The maximum absolute atomic E-state index is 12.4. The topological polar surface area (TPSA) is 54.0 Å². The van der Waals surface area contributed by atoms with Crippen LogP contribution in [-0.2, 0) is 4.79 Å². The normalized spacial score (nSPS) is 11.1. The number of esters is 1. The molecule has 0 spiro atoms. The lowest BCUT2D eigenvalue weighted by Gasteiger charge is -2.11. The molecular formula is C30H32O5. The Balaban J connectivity index is 1.63. The van der Waals surface area contributed by atoms with Crippen LogP contribution in [0.1, 0.15) is 42.9 Å². The molecule has 0 saturated heterocycles. The minimum absolute atomic E-state index is 0.354. The Hall–Kier alpha value is -3.99. The van der Waals surface area contributed by atoms with Gasteiger partial charge < -0.3 is 18.9 Å². The molecule has 0 unspecified atom stereocenters. The molecule has 0 bridgehead atoms. The fourth-order valence-corrected chi connectivity index (χ4v) is 3.38. The number of ether oxygens (including phenoxy) is 4. The van der Waals surface area contributed by atoms with Crippen molar-refractivity contribution >= 4 is 24.2 Å².